The first kappa shape index (κ1) is 10.4. The molecule has 5 nitrogen and oxygen atoms in total. The minimum absolute atomic E-state index is 0.307. The SMILES string of the molecule is O=C1c2ccccc2C(=O)N1[C@@H]1CNC[C@H]1O. The van der Waals surface area contributed by atoms with Gasteiger partial charge in [-0.05, 0) is 12.1 Å². The highest BCUT2D eigenvalue weighted by Crippen LogP contribution is 2.26. The number of rotatable bonds is 1. The van der Waals surface area contributed by atoms with Gasteiger partial charge in [-0.15, -0.1) is 0 Å². The Morgan fingerprint density at radius 3 is 2.18 bits per heavy atom. The van der Waals surface area contributed by atoms with E-state index in [1.54, 1.807) is 24.3 Å². The van der Waals surface area contributed by atoms with Crippen molar-refractivity contribution in [3.05, 3.63) is 35.4 Å². The summed E-state index contributed by atoms with van der Waals surface area (Å²) < 4.78 is 0. The van der Waals surface area contributed by atoms with Gasteiger partial charge in [-0.3, -0.25) is 14.5 Å². The molecule has 17 heavy (non-hydrogen) atoms. The molecular weight excluding hydrogens is 220 g/mol. The molecule has 1 aromatic carbocycles. The summed E-state index contributed by atoms with van der Waals surface area (Å²) >= 11 is 0. The number of amides is 2. The molecule has 0 aromatic heterocycles. The Labute approximate surface area is 98.0 Å². The number of carbonyl (C=O) groups excluding carboxylic acids is 2. The van der Waals surface area contributed by atoms with E-state index in [4.69, 9.17) is 0 Å². The summed E-state index contributed by atoms with van der Waals surface area (Å²) in [6.45, 7) is 0.866. The van der Waals surface area contributed by atoms with E-state index in [0.29, 0.717) is 24.2 Å². The van der Waals surface area contributed by atoms with Crippen LogP contribution in [0.2, 0.25) is 0 Å². The lowest BCUT2D eigenvalue weighted by Gasteiger charge is -2.23. The number of nitrogens with one attached hydrogen (secondary N) is 1. The Hall–Kier alpha value is -1.72. The van der Waals surface area contributed by atoms with Crippen molar-refractivity contribution < 1.29 is 14.7 Å². The fraction of sp³-hybridized carbons (Fsp3) is 0.333. The van der Waals surface area contributed by atoms with E-state index in [0.717, 1.165) is 0 Å². The van der Waals surface area contributed by atoms with E-state index in [-0.39, 0.29) is 11.8 Å². The smallest absolute Gasteiger partial charge is 0.261 e. The fourth-order valence-electron chi connectivity index (χ4n) is 2.42. The first-order valence-electron chi connectivity index (χ1n) is 5.56. The van der Waals surface area contributed by atoms with Gasteiger partial charge < -0.3 is 10.4 Å². The Balaban J connectivity index is 2.00. The van der Waals surface area contributed by atoms with Crippen molar-refractivity contribution in [1.29, 1.82) is 0 Å². The quantitative estimate of drug-likeness (QED) is 0.647. The highest BCUT2D eigenvalue weighted by molar-refractivity contribution is 6.21. The number of nitrogens with zero attached hydrogens (tertiary/aromatic N) is 1. The zero-order valence-corrected chi connectivity index (χ0v) is 9.09. The molecule has 0 radical (unpaired) electrons. The van der Waals surface area contributed by atoms with Crippen LogP contribution in [0.3, 0.4) is 0 Å². The van der Waals surface area contributed by atoms with Gasteiger partial charge in [0.1, 0.15) is 0 Å². The van der Waals surface area contributed by atoms with Gasteiger partial charge in [0, 0.05) is 13.1 Å². The molecule has 1 fully saturated rings. The molecule has 2 aliphatic heterocycles. The summed E-state index contributed by atoms with van der Waals surface area (Å²) in [5, 5.41) is 12.7. The van der Waals surface area contributed by atoms with Gasteiger partial charge in [-0.25, -0.2) is 0 Å². The van der Waals surface area contributed by atoms with Crippen molar-refractivity contribution in [1.82, 2.24) is 10.2 Å². The van der Waals surface area contributed by atoms with Crippen LogP contribution in [0.15, 0.2) is 24.3 Å². The molecule has 0 bridgehead atoms. The Morgan fingerprint density at radius 1 is 1.12 bits per heavy atom. The second-order valence-electron chi connectivity index (χ2n) is 4.32. The maximum Gasteiger partial charge on any atom is 0.261 e. The zero-order chi connectivity index (χ0) is 12.0. The van der Waals surface area contributed by atoms with E-state index >= 15 is 0 Å². The van der Waals surface area contributed by atoms with Crippen LogP contribution in [0.25, 0.3) is 0 Å². The molecule has 1 saturated heterocycles. The van der Waals surface area contributed by atoms with Crippen LogP contribution in [0.4, 0.5) is 0 Å². The molecule has 0 aliphatic carbocycles. The minimum atomic E-state index is -0.683. The molecule has 0 spiro atoms. The molecule has 2 N–H and O–H groups in total. The number of benzene rings is 1. The van der Waals surface area contributed by atoms with Gasteiger partial charge in [-0.2, -0.15) is 0 Å². The lowest BCUT2D eigenvalue weighted by atomic mass is 10.1. The predicted molar refractivity (Wildman–Crippen MR) is 59.6 cm³/mol. The third kappa shape index (κ3) is 1.40. The monoisotopic (exact) mass is 232 g/mol. The maximum atomic E-state index is 12.1. The lowest BCUT2D eigenvalue weighted by molar-refractivity contribution is 0.0451. The third-order valence-electron chi connectivity index (χ3n) is 3.31. The second-order valence-corrected chi connectivity index (χ2v) is 4.32. The minimum Gasteiger partial charge on any atom is -0.390 e. The van der Waals surface area contributed by atoms with Crippen molar-refractivity contribution in [3.8, 4) is 0 Å². The van der Waals surface area contributed by atoms with E-state index in [1.165, 1.54) is 4.90 Å². The summed E-state index contributed by atoms with van der Waals surface area (Å²) in [7, 11) is 0. The lowest BCUT2D eigenvalue weighted by Crippen LogP contribution is -2.46. The molecule has 2 aliphatic rings. The van der Waals surface area contributed by atoms with Crippen molar-refractivity contribution in [2.24, 2.45) is 0 Å². The highest BCUT2D eigenvalue weighted by atomic mass is 16.3. The summed E-state index contributed by atoms with van der Waals surface area (Å²) in [5.74, 6) is -0.614. The van der Waals surface area contributed by atoms with Gasteiger partial charge in [0.05, 0.1) is 23.3 Å². The van der Waals surface area contributed by atoms with Crippen LogP contribution in [0.5, 0.6) is 0 Å². The van der Waals surface area contributed by atoms with E-state index in [2.05, 4.69) is 5.32 Å². The number of imide groups is 1. The standard InChI is InChI=1S/C12H12N2O3/c15-10-6-13-5-9(10)14-11(16)7-3-1-2-4-8(7)12(14)17/h1-4,9-10,13,15H,5-6H2/t9-,10-/m1/s1. The van der Waals surface area contributed by atoms with Crippen LogP contribution in [-0.2, 0) is 0 Å². The summed E-state index contributed by atoms with van der Waals surface area (Å²) in [6, 6.07) is 6.30. The first-order valence-corrected chi connectivity index (χ1v) is 5.56. The summed E-state index contributed by atoms with van der Waals surface area (Å²) in [5.41, 5.74) is 0.855. The number of hydrogen-bond acceptors (Lipinski definition) is 4. The molecule has 3 rings (SSSR count). The zero-order valence-electron chi connectivity index (χ0n) is 9.09. The molecule has 0 unspecified atom stereocenters. The molecule has 88 valence electrons. The predicted octanol–water partition coefficient (Wildman–Crippen LogP) is -0.385. The van der Waals surface area contributed by atoms with E-state index in [9.17, 15) is 14.7 Å². The number of β-amino-alcohol motifs (C(OH)–C–C–N with tert-alkyl or cyclic N) is 1. The fourth-order valence-corrected chi connectivity index (χ4v) is 2.42. The normalized spacial score (nSPS) is 27.7. The van der Waals surface area contributed by atoms with Crippen molar-refractivity contribution >= 4 is 11.8 Å². The second kappa shape index (κ2) is 3.65. The number of carbonyl (C=O) groups is 2. The van der Waals surface area contributed by atoms with Gasteiger partial charge >= 0.3 is 0 Å². The largest absolute Gasteiger partial charge is 0.390 e. The average Bonchev–Trinajstić information content (AvgIpc) is 2.84. The number of aliphatic hydroxyl groups excluding tert-OH is 1. The maximum absolute atomic E-state index is 12.1. The average molecular weight is 232 g/mol. The molecular formula is C12H12N2O3. The Morgan fingerprint density at radius 2 is 1.71 bits per heavy atom. The number of fused-ring (bicyclic) bond motifs is 1. The van der Waals surface area contributed by atoms with Crippen LogP contribution in [0, 0.1) is 0 Å². The van der Waals surface area contributed by atoms with Gasteiger partial charge in [0.2, 0.25) is 0 Å². The van der Waals surface area contributed by atoms with Gasteiger partial charge in [-0.1, -0.05) is 12.1 Å². The Bertz CT molecular complexity index is 465. The molecule has 0 saturated carbocycles. The number of aliphatic hydroxyl groups is 1. The molecule has 1 aromatic rings. The van der Waals surface area contributed by atoms with E-state index < -0.39 is 12.1 Å². The molecule has 2 heterocycles. The number of hydrogen-bond donors (Lipinski definition) is 2. The molecule has 2 amide bonds. The third-order valence-corrected chi connectivity index (χ3v) is 3.31. The Kier molecular flexibility index (Phi) is 2.24. The van der Waals surface area contributed by atoms with Crippen LogP contribution in [0.1, 0.15) is 20.7 Å². The van der Waals surface area contributed by atoms with E-state index in [1.807, 2.05) is 0 Å². The van der Waals surface area contributed by atoms with Crippen molar-refractivity contribution in [2.75, 3.05) is 13.1 Å². The molecule has 5 heteroatoms. The van der Waals surface area contributed by atoms with Crippen LogP contribution >= 0.6 is 0 Å². The molecule has 2 atom stereocenters. The summed E-state index contributed by atoms with van der Waals surface area (Å²) in [4.78, 5) is 25.4. The van der Waals surface area contributed by atoms with Crippen LogP contribution < -0.4 is 5.32 Å². The van der Waals surface area contributed by atoms with Crippen molar-refractivity contribution in [2.45, 2.75) is 12.1 Å². The summed E-state index contributed by atoms with van der Waals surface area (Å²) in [6.07, 6.45) is -0.683. The van der Waals surface area contributed by atoms with Crippen molar-refractivity contribution in [3.63, 3.8) is 0 Å². The van der Waals surface area contributed by atoms with Crippen LogP contribution in [-0.4, -0.2) is 47.1 Å². The topological polar surface area (TPSA) is 69.6 Å². The van der Waals surface area contributed by atoms with Gasteiger partial charge in [0.25, 0.3) is 11.8 Å². The first-order chi connectivity index (χ1) is 8.20. The van der Waals surface area contributed by atoms with Gasteiger partial charge in [0.15, 0.2) is 0 Å². The highest BCUT2D eigenvalue weighted by Gasteiger charge is 2.43.